The number of rotatable bonds is 9. The highest BCUT2D eigenvalue weighted by Crippen LogP contribution is 2.34. The lowest BCUT2D eigenvalue weighted by Gasteiger charge is -2.08. The standard InChI is InChI=1S/C25H27N3O2/c1-29-24-13-10-19(16-27-24)25-21(9-5-6-14-26)22-15-20(11-12-23(22)28-25)30-17-18-7-3-2-4-8-18/h2-4,7-8,10-13,15-16,28H,5-6,9,14,17,26H2,1H3. The molecule has 0 atom stereocenters. The lowest BCUT2D eigenvalue weighted by molar-refractivity contribution is 0.306. The smallest absolute Gasteiger partial charge is 0.212 e. The van der Waals surface area contributed by atoms with Crippen LogP contribution in [0.1, 0.15) is 24.0 Å². The number of hydrogen-bond acceptors (Lipinski definition) is 4. The first-order valence-electron chi connectivity index (χ1n) is 10.3. The molecule has 154 valence electrons. The number of benzene rings is 2. The molecule has 0 saturated carbocycles. The summed E-state index contributed by atoms with van der Waals surface area (Å²) in [5, 5.41) is 1.18. The number of ether oxygens (including phenoxy) is 2. The molecule has 0 unspecified atom stereocenters. The average Bonchev–Trinajstić information content (AvgIpc) is 3.16. The molecule has 0 fully saturated rings. The topological polar surface area (TPSA) is 73.2 Å². The summed E-state index contributed by atoms with van der Waals surface area (Å²) in [7, 11) is 1.63. The van der Waals surface area contributed by atoms with Crippen molar-refractivity contribution in [3.8, 4) is 22.9 Å². The number of H-pyrrole nitrogens is 1. The van der Waals surface area contributed by atoms with Gasteiger partial charge in [0.1, 0.15) is 12.4 Å². The summed E-state index contributed by atoms with van der Waals surface area (Å²) in [5.41, 5.74) is 11.4. The third-order valence-electron chi connectivity index (χ3n) is 5.24. The zero-order valence-electron chi connectivity index (χ0n) is 17.2. The molecular formula is C25H27N3O2. The van der Waals surface area contributed by atoms with Crippen LogP contribution in [0.2, 0.25) is 0 Å². The first-order valence-corrected chi connectivity index (χ1v) is 10.3. The van der Waals surface area contributed by atoms with E-state index in [9.17, 15) is 0 Å². The van der Waals surface area contributed by atoms with Crippen molar-refractivity contribution in [2.75, 3.05) is 13.7 Å². The van der Waals surface area contributed by atoms with Gasteiger partial charge in [-0.05, 0) is 61.2 Å². The third kappa shape index (κ3) is 4.47. The molecule has 2 aromatic carbocycles. The van der Waals surface area contributed by atoms with E-state index in [0.29, 0.717) is 19.0 Å². The average molecular weight is 402 g/mol. The van der Waals surface area contributed by atoms with Crippen LogP contribution in [0.4, 0.5) is 0 Å². The van der Waals surface area contributed by atoms with Crippen LogP contribution in [0.3, 0.4) is 0 Å². The second-order valence-corrected chi connectivity index (χ2v) is 7.30. The van der Waals surface area contributed by atoms with Gasteiger partial charge in [0.05, 0.1) is 12.8 Å². The normalized spacial score (nSPS) is 11.0. The van der Waals surface area contributed by atoms with Gasteiger partial charge in [0, 0.05) is 28.7 Å². The van der Waals surface area contributed by atoms with E-state index in [-0.39, 0.29) is 0 Å². The van der Waals surface area contributed by atoms with Gasteiger partial charge >= 0.3 is 0 Å². The van der Waals surface area contributed by atoms with Crippen molar-refractivity contribution in [2.24, 2.45) is 5.73 Å². The van der Waals surface area contributed by atoms with Crippen molar-refractivity contribution in [3.05, 3.63) is 78.0 Å². The Kier molecular flexibility index (Phi) is 6.30. The first kappa shape index (κ1) is 20.0. The van der Waals surface area contributed by atoms with E-state index in [4.69, 9.17) is 15.2 Å². The molecule has 0 amide bonds. The minimum atomic E-state index is 0.550. The number of hydrogen-bond donors (Lipinski definition) is 2. The maximum absolute atomic E-state index is 6.06. The van der Waals surface area contributed by atoms with E-state index in [1.807, 2.05) is 42.6 Å². The van der Waals surface area contributed by atoms with Crippen LogP contribution in [0.5, 0.6) is 11.6 Å². The number of nitrogens with zero attached hydrogens (tertiary/aromatic N) is 1. The van der Waals surface area contributed by atoms with Crippen molar-refractivity contribution in [1.29, 1.82) is 0 Å². The predicted molar refractivity (Wildman–Crippen MR) is 121 cm³/mol. The molecule has 0 saturated heterocycles. The SMILES string of the molecule is COc1ccc(-c2[nH]c3ccc(OCc4ccccc4)cc3c2CCCCN)cn1. The molecule has 0 bridgehead atoms. The quantitative estimate of drug-likeness (QED) is 0.383. The van der Waals surface area contributed by atoms with Gasteiger partial charge in [-0.1, -0.05) is 30.3 Å². The van der Waals surface area contributed by atoms with Crippen molar-refractivity contribution < 1.29 is 9.47 Å². The Hall–Kier alpha value is -3.31. The second-order valence-electron chi connectivity index (χ2n) is 7.30. The number of aryl methyl sites for hydroxylation is 1. The Balaban J connectivity index is 1.67. The molecule has 5 heteroatoms. The van der Waals surface area contributed by atoms with Gasteiger partial charge in [0.2, 0.25) is 5.88 Å². The summed E-state index contributed by atoms with van der Waals surface area (Å²) < 4.78 is 11.3. The van der Waals surface area contributed by atoms with Gasteiger partial charge in [-0.25, -0.2) is 4.98 Å². The van der Waals surface area contributed by atoms with E-state index in [0.717, 1.165) is 47.3 Å². The van der Waals surface area contributed by atoms with Crippen LogP contribution in [0.15, 0.2) is 66.9 Å². The maximum atomic E-state index is 6.06. The van der Waals surface area contributed by atoms with Crippen LogP contribution in [0, 0.1) is 0 Å². The highest BCUT2D eigenvalue weighted by Gasteiger charge is 2.14. The van der Waals surface area contributed by atoms with Crippen molar-refractivity contribution in [3.63, 3.8) is 0 Å². The van der Waals surface area contributed by atoms with Crippen molar-refractivity contribution >= 4 is 10.9 Å². The Morgan fingerprint density at radius 2 is 1.87 bits per heavy atom. The highest BCUT2D eigenvalue weighted by atomic mass is 16.5. The molecule has 0 aliphatic carbocycles. The van der Waals surface area contributed by atoms with Gasteiger partial charge in [-0.3, -0.25) is 0 Å². The Morgan fingerprint density at radius 1 is 1.00 bits per heavy atom. The molecule has 0 spiro atoms. The third-order valence-corrected chi connectivity index (χ3v) is 5.24. The van der Waals surface area contributed by atoms with E-state index < -0.39 is 0 Å². The molecule has 5 nitrogen and oxygen atoms in total. The molecule has 0 radical (unpaired) electrons. The monoisotopic (exact) mass is 401 g/mol. The minimum absolute atomic E-state index is 0.550. The first-order chi connectivity index (χ1) is 14.8. The number of pyridine rings is 1. The second kappa shape index (κ2) is 9.46. The number of nitrogens with two attached hydrogens (primary N) is 1. The van der Waals surface area contributed by atoms with Crippen molar-refractivity contribution in [1.82, 2.24) is 9.97 Å². The van der Waals surface area contributed by atoms with Crippen LogP contribution in [-0.2, 0) is 13.0 Å². The van der Waals surface area contributed by atoms with Gasteiger partial charge in [0.25, 0.3) is 0 Å². The molecular weight excluding hydrogens is 374 g/mol. The summed E-state index contributed by atoms with van der Waals surface area (Å²) in [6.07, 6.45) is 4.83. The van der Waals surface area contributed by atoms with E-state index in [1.165, 1.54) is 10.9 Å². The highest BCUT2D eigenvalue weighted by molar-refractivity contribution is 5.91. The van der Waals surface area contributed by atoms with Crippen LogP contribution >= 0.6 is 0 Å². The molecule has 30 heavy (non-hydrogen) atoms. The molecule has 4 rings (SSSR count). The van der Waals surface area contributed by atoms with Crippen molar-refractivity contribution in [2.45, 2.75) is 25.9 Å². The fourth-order valence-corrected chi connectivity index (χ4v) is 3.66. The van der Waals surface area contributed by atoms with Crippen LogP contribution in [-0.4, -0.2) is 23.6 Å². The molecule has 3 N–H and O–H groups in total. The predicted octanol–water partition coefficient (Wildman–Crippen LogP) is 5.10. The Morgan fingerprint density at radius 3 is 2.60 bits per heavy atom. The summed E-state index contributed by atoms with van der Waals surface area (Å²) >= 11 is 0. The molecule has 0 aliphatic heterocycles. The molecule has 2 aromatic heterocycles. The molecule has 0 aliphatic rings. The van der Waals surface area contributed by atoms with Crippen LogP contribution < -0.4 is 15.2 Å². The summed E-state index contributed by atoms with van der Waals surface area (Å²) in [6.45, 7) is 1.25. The lowest BCUT2D eigenvalue weighted by atomic mass is 10.0. The van der Waals surface area contributed by atoms with Crippen LogP contribution in [0.25, 0.3) is 22.2 Å². The maximum Gasteiger partial charge on any atom is 0.212 e. The van der Waals surface area contributed by atoms with E-state index >= 15 is 0 Å². The van der Waals surface area contributed by atoms with Gasteiger partial charge in [-0.2, -0.15) is 0 Å². The Labute approximate surface area is 176 Å². The minimum Gasteiger partial charge on any atom is -0.489 e. The summed E-state index contributed by atoms with van der Waals surface area (Å²) in [6, 6.07) is 20.4. The zero-order chi connectivity index (χ0) is 20.8. The van der Waals surface area contributed by atoms with Gasteiger partial charge in [0.15, 0.2) is 0 Å². The zero-order valence-corrected chi connectivity index (χ0v) is 17.2. The van der Waals surface area contributed by atoms with Gasteiger partial charge in [-0.15, -0.1) is 0 Å². The summed E-state index contributed by atoms with van der Waals surface area (Å²) in [4.78, 5) is 7.95. The van der Waals surface area contributed by atoms with Gasteiger partial charge < -0.3 is 20.2 Å². The number of aromatic nitrogens is 2. The fourth-order valence-electron chi connectivity index (χ4n) is 3.66. The van der Waals surface area contributed by atoms with E-state index in [2.05, 4.69) is 34.2 Å². The number of unbranched alkanes of at least 4 members (excludes halogenated alkanes) is 1. The lowest BCUT2D eigenvalue weighted by Crippen LogP contribution is -1.99. The number of aromatic amines is 1. The number of fused-ring (bicyclic) bond motifs is 1. The number of nitrogens with one attached hydrogen (secondary N) is 1. The molecule has 2 heterocycles. The van der Waals surface area contributed by atoms with E-state index in [1.54, 1.807) is 7.11 Å². The number of methoxy groups -OCH3 is 1. The largest absolute Gasteiger partial charge is 0.489 e. The Bertz CT molecular complexity index is 1090. The molecule has 4 aromatic rings. The fraction of sp³-hybridized carbons (Fsp3) is 0.240. The summed E-state index contributed by atoms with van der Waals surface area (Å²) in [5.74, 6) is 1.47.